The van der Waals surface area contributed by atoms with Crippen molar-refractivity contribution in [2.45, 2.75) is 135 Å². The molecule has 0 aliphatic rings. The molecule has 0 radical (unpaired) electrons. The van der Waals surface area contributed by atoms with Gasteiger partial charge in [-0.05, 0) is 19.8 Å². The summed E-state index contributed by atoms with van der Waals surface area (Å²) in [6.07, 6.45) is 19.3. The van der Waals surface area contributed by atoms with E-state index in [0.717, 1.165) is 19.3 Å². The van der Waals surface area contributed by atoms with Crippen LogP contribution in [0.3, 0.4) is 0 Å². The van der Waals surface area contributed by atoms with Crippen LogP contribution in [0, 0.1) is 0 Å². The summed E-state index contributed by atoms with van der Waals surface area (Å²) >= 11 is 0. The van der Waals surface area contributed by atoms with Crippen molar-refractivity contribution >= 4 is 17.8 Å². The summed E-state index contributed by atoms with van der Waals surface area (Å²) in [5.41, 5.74) is 0. The van der Waals surface area contributed by atoms with Crippen LogP contribution in [0.1, 0.15) is 129 Å². The molecule has 0 aliphatic heterocycles. The number of aliphatic carboxylic acids is 1. The molecular weight excluding hydrogens is 472 g/mol. The summed E-state index contributed by atoms with van der Waals surface area (Å²) in [7, 11) is 0. The summed E-state index contributed by atoms with van der Waals surface area (Å²) in [6, 6.07) is -1.04. The lowest BCUT2D eigenvalue weighted by Crippen LogP contribution is -2.41. The van der Waals surface area contributed by atoms with Gasteiger partial charge in [0.2, 0.25) is 11.8 Å². The zero-order chi connectivity index (χ0) is 27.4. The van der Waals surface area contributed by atoms with Crippen molar-refractivity contribution < 1.29 is 29.0 Å². The fourth-order valence-electron chi connectivity index (χ4n) is 4.17. The lowest BCUT2D eigenvalue weighted by molar-refractivity contribution is -0.142. The van der Waals surface area contributed by atoms with Crippen molar-refractivity contribution in [3.05, 3.63) is 0 Å². The first-order chi connectivity index (χ1) is 18.0. The molecule has 0 saturated heterocycles. The van der Waals surface area contributed by atoms with E-state index < -0.39 is 12.0 Å². The van der Waals surface area contributed by atoms with Crippen molar-refractivity contribution in [1.82, 2.24) is 10.6 Å². The Balaban J connectivity index is 3.66. The molecule has 2 amide bonds. The maximum absolute atomic E-state index is 12.2. The van der Waals surface area contributed by atoms with Gasteiger partial charge < -0.3 is 25.2 Å². The highest BCUT2D eigenvalue weighted by Gasteiger charge is 2.20. The van der Waals surface area contributed by atoms with Gasteiger partial charge >= 0.3 is 5.97 Å². The predicted octanol–water partition coefficient (Wildman–Crippen LogP) is 5.77. The number of carboxylic acid groups (broad SMARTS) is 1. The van der Waals surface area contributed by atoms with Gasteiger partial charge in [0.1, 0.15) is 6.04 Å². The summed E-state index contributed by atoms with van der Waals surface area (Å²) in [5.74, 6) is -1.63. The quantitative estimate of drug-likeness (QED) is 0.111. The minimum atomic E-state index is -1.11. The van der Waals surface area contributed by atoms with E-state index in [2.05, 4.69) is 17.6 Å². The van der Waals surface area contributed by atoms with Crippen LogP contribution in [0.15, 0.2) is 0 Å². The molecule has 37 heavy (non-hydrogen) atoms. The molecule has 1 unspecified atom stereocenters. The van der Waals surface area contributed by atoms with Crippen LogP contribution in [-0.4, -0.2) is 61.9 Å². The maximum Gasteiger partial charge on any atom is 0.326 e. The normalized spacial score (nSPS) is 11.8. The van der Waals surface area contributed by atoms with Crippen molar-refractivity contribution in [3.63, 3.8) is 0 Å². The molecule has 8 nitrogen and oxygen atoms in total. The Hall–Kier alpha value is -1.67. The molecule has 218 valence electrons. The number of amides is 2. The number of rotatable bonds is 28. The zero-order valence-electron chi connectivity index (χ0n) is 23.8. The third-order valence-corrected chi connectivity index (χ3v) is 6.45. The van der Waals surface area contributed by atoms with Crippen LogP contribution in [0.25, 0.3) is 0 Å². The topological polar surface area (TPSA) is 114 Å². The van der Waals surface area contributed by atoms with E-state index in [9.17, 15) is 19.5 Å². The van der Waals surface area contributed by atoms with Crippen molar-refractivity contribution in [2.75, 3.05) is 33.0 Å². The van der Waals surface area contributed by atoms with Gasteiger partial charge in [0.15, 0.2) is 0 Å². The number of carbonyl (C=O) groups excluding carboxylic acids is 2. The average Bonchev–Trinajstić information content (AvgIpc) is 2.88. The van der Waals surface area contributed by atoms with Crippen molar-refractivity contribution in [3.8, 4) is 0 Å². The number of carbonyl (C=O) groups is 3. The molecule has 0 heterocycles. The first kappa shape index (κ1) is 35.3. The van der Waals surface area contributed by atoms with Gasteiger partial charge in [-0.25, -0.2) is 4.79 Å². The third kappa shape index (κ3) is 25.7. The second-order valence-electron chi connectivity index (χ2n) is 9.86. The number of carboxylic acids is 1. The molecule has 0 saturated carbocycles. The molecule has 0 fully saturated rings. The summed E-state index contributed by atoms with van der Waals surface area (Å²) in [4.78, 5) is 35.5. The molecule has 0 rings (SSSR count). The molecule has 0 spiro atoms. The fraction of sp³-hybridized carbons (Fsp3) is 0.897. The van der Waals surface area contributed by atoms with Crippen LogP contribution in [0.4, 0.5) is 0 Å². The molecule has 0 bridgehead atoms. The van der Waals surface area contributed by atoms with Crippen LogP contribution in [0.2, 0.25) is 0 Å². The summed E-state index contributed by atoms with van der Waals surface area (Å²) in [6.45, 7) is 6.52. The Bertz CT molecular complexity index is 559. The molecule has 0 aliphatic carbocycles. The van der Waals surface area contributed by atoms with Crippen LogP contribution in [-0.2, 0) is 23.9 Å². The van der Waals surface area contributed by atoms with Crippen LogP contribution < -0.4 is 10.6 Å². The Morgan fingerprint density at radius 2 is 1.16 bits per heavy atom. The van der Waals surface area contributed by atoms with E-state index in [0.29, 0.717) is 39.4 Å². The lowest BCUT2D eigenvalue weighted by Gasteiger charge is -2.14. The highest BCUT2D eigenvalue weighted by molar-refractivity contribution is 5.84. The minimum Gasteiger partial charge on any atom is -0.480 e. The third-order valence-electron chi connectivity index (χ3n) is 6.45. The van der Waals surface area contributed by atoms with Gasteiger partial charge in [0.25, 0.3) is 0 Å². The number of hydrogen-bond acceptors (Lipinski definition) is 5. The monoisotopic (exact) mass is 528 g/mol. The van der Waals surface area contributed by atoms with Gasteiger partial charge in [-0.1, -0.05) is 96.8 Å². The maximum atomic E-state index is 12.2. The SMILES string of the molecule is CCCCCCCCCCCCCCCCCC(=O)NC(CCC(=O)NCCOCCOCC)C(=O)O. The van der Waals surface area contributed by atoms with Crippen LogP contribution >= 0.6 is 0 Å². The average molecular weight is 529 g/mol. The Kier molecular flexibility index (Phi) is 26.1. The standard InChI is InChI=1S/C29H56N2O6/c1-3-5-6-7-8-9-10-11-12-13-14-15-16-17-18-19-28(33)31-26(29(34)35)20-21-27(32)30-22-23-37-25-24-36-4-2/h26H,3-25H2,1-2H3,(H,30,32)(H,31,33)(H,34,35). The van der Waals surface area contributed by atoms with Gasteiger partial charge in [-0.3, -0.25) is 9.59 Å². The molecule has 1 atom stereocenters. The smallest absolute Gasteiger partial charge is 0.326 e. The van der Waals surface area contributed by atoms with E-state index in [4.69, 9.17) is 9.47 Å². The van der Waals surface area contributed by atoms with Gasteiger partial charge in [0.05, 0.1) is 19.8 Å². The zero-order valence-corrected chi connectivity index (χ0v) is 23.8. The Morgan fingerprint density at radius 1 is 0.649 bits per heavy atom. The van der Waals surface area contributed by atoms with Gasteiger partial charge in [-0.2, -0.15) is 0 Å². The number of hydrogen-bond donors (Lipinski definition) is 3. The largest absolute Gasteiger partial charge is 0.480 e. The van der Waals surface area contributed by atoms with E-state index in [1.54, 1.807) is 0 Å². The molecule has 3 N–H and O–H groups in total. The van der Waals surface area contributed by atoms with E-state index in [-0.39, 0.29) is 24.7 Å². The highest BCUT2D eigenvalue weighted by atomic mass is 16.5. The fourth-order valence-corrected chi connectivity index (χ4v) is 4.17. The molecule has 0 aromatic rings. The van der Waals surface area contributed by atoms with Gasteiger partial charge in [0, 0.05) is 26.0 Å². The van der Waals surface area contributed by atoms with E-state index in [1.165, 1.54) is 77.0 Å². The van der Waals surface area contributed by atoms with Crippen molar-refractivity contribution in [1.29, 1.82) is 0 Å². The summed E-state index contributed by atoms with van der Waals surface area (Å²) in [5, 5.41) is 14.6. The lowest BCUT2D eigenvalue weighted by atomic mass is 10.0. The van der Waals surface area contributed by atoms with Gasteiger partial charge in [-0.15, -0.1) is 0 Å². The Labute approximate surface area is 226 Å². The molecule has 0 aromatic heterocycles. The van der Waals surface area contributed by atoms with Crippen molar-refractivity contribution in [2.24, 2.45) is 0 Å². The number of ether oxygens (including phenoxy) is 2. The van der Waals surface area contributed by atoms with E-state index >= 15 is 0 Å². The number of nitrogens with one attached hydrogen (secondary N) is 2. The molecule has 8 heteroatoms. The Morgan fingerprint density at radius 3 is 1.68 bits per heavy atom. The minimum absolute atomic E-state index is 0.0369. The second-order valence-corrected chi connectivity index (χ2v) is 9.86. The van der Waals surface area contributed by atoms with Crippen LogP contribution in [0.5, 0.6) is 0 Å². The first-order valence-electron chi connectivity index (χ1n) is 15.0. The predicted molar refractivity (Wildman–Crippen MR) is 149 cm³/mol. The van der Waals surface area contributed by atoms with E-state index in [1.807, 2.05) is 6.92 Å². The number of unbranched alkanes of at least 4 members (excludes halogenated alkanes) is 14. The second kappa shape index (κ2) is 27.4. The summed E-state index contributed by atoms with van der Waals surface area (Å²) < 4.78 is 10.5. The molecular formula is C29H56N2O6. The highest BCUT2D eigenvalue weighted by Crippen LogP contribution is 2.13. The first-order valence-corrected chi connectivity index (χ1v) is 15.0. The molecule has 0 aromatic carbocycles.